The summed E-state index contributed by atoms with van der Waals surface area (Å²) in [6, 6.07) is 5.37. The first kappa shape index (κ1) is 12.5. The Balaban J connectivity index is 2.95. The molecule has 0 fully saturated rings. The Hall–Kier alpha value is -1.52. The summed E-state index contributed by atoms with van der Waals surface area (Å²) >= 11 is 0. The first-order chi connectivity index (χ1) is 7.72. The normalized spacial score (nSPS) is 11.9. The molecule has 1 atom stereocenters. The largest absolute Gasteiger partial charge is 0.493 e. The fraction of sp³-hybridized carbons (Fsp3) is 0.333. The van der Waals surface area contributed by atoms with E-state index in [4.69, 9.17) is 20.9 Å². The molecule has 0 saturated heterocycles. The Bertz CT molecular complexity index is 353. The van der Waals surface area contributed by atoms with Gasteiger partial charge >= 0.3 is 0 Å². The van der Waals surface area contributed by atoms with Gasteiger partial charge in [-0.05, 0) is 17.7 Å². The summed E-state index contributed by atoms with van der Waals surface area (Å²) in [5, 5.41) is 0. The van der Waals surface area contributed by atoms with Crippen LogP contribution >= 0.6 is 0 Å². The van der Waals surface area contributed by atoms with Crippen molar-refractivity contribution in [2.45, 2.75) is 6.04 Å². The number of nitrogens with two attached hydrogens (primary N) is 2. The summed E-state index contributed by atoms with van der Waals surface area (Å²) in [6.07, 6.45) is 1.68. The van der Waals surface area contributed by atoms with E-state index >= 15 is 0 Å². The zero-order valence-corrected chi connectivity index (χ0v) is 9.48. The third-order valence-electron chi connectivity index (χ3n) is 2.23. The summed E-state index contributed by atoms with van der Waals surface area (Å²) < 4.78 is 10.7. The second-order valence-electron chi connectivity index (χ2n) is 3.35. The van der Waals surface area contributed by atoms with Crippen LogP contribution in [0.2, 0.25) is 0 Å². The van der Waals surface area contributed by atoms with Crippen LogP contribution in [-0.4, -0.2) is 20.3 Å². The van der Waals surface area contributed by atoms with Gasteiger partial charge < -0.3 is 20.9 Å². The number of rotatable bonds is 6. The lowest BCUT2D eigenvalue weighted by Gasteiger charge is -2.14. The van der Waals surface area contributed by atoms with Gasteiger partial charge in [0.1, 0.15) is 6.61 Å². The van der Waals surface area contributed by atoms with Crippen LogP contribution in [0.3, 0.4) is 0 Å². The molecule has 0 saturated carbocycles. The maximum atomic E-state index is 5.84. The molecule has 0 aromatic heterocycles. The van der Waals surface area contributed by atoms with Gasteiger partial charge in [-0.2, -0.15) is 0 Å². The first-order valence-electron chi connectivity index (χ1n) is 5.10. The Morgan fingerprint density at radius 3 is 2.75 bits per heavy atom. The summed E-state index contributed by atoms with van der Waals surface area (Å²) in [7, 11) is 1.60. The van der Waals surface area contributed by atoms with E-state index in [2.05, 4.69) is 6.58 Å². The van der Waals surface area contributed by atoms with Crippen LogP contribution in [0.25, 0.3) is 0 Å². The van der Waals surface area contributed by atoms with Gasteiger partial charge in [-0.1, -0.05) is 18.7 Å². The van der Waals surface area contributed by atoms with Gasteiger partial charge in [0.2, 0.25) is 0 Å². The fourth-order valence-corrected chi connectivity index (χ4v) is 1.32. The SMILES string of the molecule is C=CCOc1cc([C@H](N)CN)ccc1OC. The van der Waals surface area contributed by atoms with Gasteiger partial charge in [-0.15, -0.1) is 0 Å². The van der Waals surface area contributed by atoms with Crippen molar-refractivity contribution in [3.63, 3.8) is 0 Å². The zero-order valence-electron chi connectivity index (χ0n) is 9.48. The lowest BCUT2D eigenvalue weighted by molar-refractivity contribution is 0.326. The highest BCUT2D eigenvalue weighted by Gasteiger charge is 2.09. The van der Waals surface area contributed by atoms with Crippen molar-refractivity contribution < 1.29 is 9.47 Å². The lowest BCUT2D eigenvalue weighted by atomic mass is 10.1. The molecule has 0 unspecified atom stereocenters. The van der Waals surface area contributed by atoms with Crippen molar-refractivity contribution in [3.05, 3.63) is 36.4 Å². The van der Waals surface area contributed by atoms with Gasteiger partial charge in [0, 0.05) is 12.6 Å². The Kier molecular flexibility index (Phi) is 4.82. The molecule has 0 spiro atoms. The van der Waals surface area contributed by atoms with Crippen LogP contribution in [0, 0.1) is 0 Å². The minimum absolute atomic E-state index is 0.183. The number of methoxy groups -OCH3 is 1. The highest BCUT2D eigenvalue weighted by atomic mass is 16.5. The summed E-state index contributed by atoms with van der Waals surface area (Å²) in [5.41, 5.74) is 12.3. The molecule has 4 nitrogen and oxygen atoms in total. The van der Waals surface area contributed by atoms with Gasteiger partial charge in [0.25, 0.3) is 0 Å². The van der Waals surface area contributed by atoms with Crippen molar-refractivity contribution in [2.75, 3.05) is 20.3 Å². The second kappa shape index (κ2) is 6.15. The van der Waals surface area contributed by atoms with E-state index in [-0.39, 0.29) is 6.04 Å². The van der Waals surface area contributed by atoms with Crippen molar-refractivity contribution in [3.8, 4) is 11.5 Å². The Morgan fingerprint density at radius 1 is 1.44 bits per heavy atom. The number of ether oxygens (including phenoxy) is 2. The predicted molar refractivity (Wildman–Crippen MR) is 64.7 cm³/mol. The van der Waals surface area contributed by atoms with Crippen LogP contribution < -0.4 is 20.9 Å². The molecule has 0 heterocycles. The smallest absolute Gasteiger partial charge is 0.161 e. The van der Waals surface area contributed by atoms with Crippen molar-refractivity contribution in [1.29, 1.82) is 0 Å². The molecule has 1 aromatic carbocycles. The van der Waals surface area contributed by atoms with Crippen LogP contribution in [-0.2, 0) is 0 Å². The molecule has 16 heavy (non-hydrogen) atoms. The number of benzene rings is 1. The fourth-order valence-electron chi connectivity index (χ4n) is 1.32. The molecule has 0 aliphatic rings. The molecule has 88 valence electrons. The highest BCUT2D eigenvalue weighted by molar-refractivity contribution is 5.44. The summed E-state index contributed by atoms with van der Waals surface area (Å²) in [6.45, 7) is 4.42. The van der Waals surface area contributed by atoms with Gasteiger partial charge in [0.15, 0.2) is 11.5 Å². The average molecular weight is 222 g/mol. The Labute approximate surface area is 95.8 Å². The van der Waals surface area contributed by atoms with E-state index < -0.39 is 0 Å². The molecule has 4 N–H and O–H groups in total. The van der Waals surface area contributed by atoms with E-state index in [1.54, 1.807) is 13.2 Å². The number of hydrogen-bond acceptors (Lipinski definition) is 4. The van der Waals surface area contributed by atoms with E-state index in [1.807, 2.05) is 18.2 Å². The van der Waals surface area contributed by atoms with Crippen LogP contribution in [0.4, 0.5) is 0 Å². The highest BCUT2D eigenvalue weighted by Crippen LogP contribution is 2.29. The lowest BCUT2D eigenvalue weighted by Crippen LogP contribution is -2.20. The average Bonchev–Trinajstić information content (AvgIpc) is 2.34. The van der Waals surface area contributed by atoms with E-state index in [0.29, 0.717) is 24.7 Å². The minimum atomic E-state index is -0.183. The molecule has 0 radical (unpaired) electrons. The molecular weight excluding hydrogens is 204 g/mol. The zero-order chi connectivity index (χ0) is 12.0. The molecule has 0 aliphatic heterocycles. The van der Waals surface area contributed by atoms with Crippen LogP contribution in [0.1, 0.15) is 11.6 Å². The third kappa shape index (κ3) is 2.98. The second-order valence-corrected chi connectivity index (χ2v) is 3.35. The van der Waals surface area contributed by atoms with Gasteiger partial charge in [-0.3, -0.25) is 0 Å². The van der Waals surface area contributed by atoms with Gasteiger partial charge in [0.05, 0.1) is 7.11 Å². The summed E-state index contributed by atoms with van der Waals surface area (Å²) in [5.74, 6) is 1.33. The van der Waals surface area contributed by atoms with E-state index in [9.17, 15) is 0 Å². The van der Waals surface area contributed by atoms with Crippen molar-refractivity contribution in [2.24, 2.45) is 11.5 Å². The summed E-state index contributed by atoms with van der Waals surface area (Å²) in [4.78, 5) is 0. The number of hydrogen-bond donors (Lipinski definition) is 2. The molecular formula is C12H18N2O2. The van der Waals surface area contributed by atoms with Crippen molar-refractivity contribution >= 4 is 0 Å². The van der Waals surface area contributed by atoms with Gasteiger partial charge in [-0.25, -0.2) is 0 Å². The molecule has 0 aliphatic carbocycles. The molecule has 1 aromatic rings. The van der Waals surface area contributed by atoms with Crippen LogP contribution in [0.5, 0.6) is 11.5 Å². The first-order valence-corrected chi connectivity index (χ1v) is 5.10. The maximum Gasteiger partial charge on any atom is 0.161 e. The topological polar surface area (TPSA) is 70.5 Å². The molecule has 0 amide bonds. The van der Waals surface area contributed by atoms with E-state index in [1.165, 1.54) is 0 Å². The quantitative estimate of drug-likeness (QED) is 0.710. The molecule has 0 bridgehead atoms. The standard InChI is InChI=1S/C12H18N2O2/c1-3-6-16-12-7-9(10(14)8-13)4-5-11(12)15-2/h3-5,7,10H,1,6,8,13-14H2,2H3/t10-/m1/s1. The van der Waals surface area contributed by atoms with Crippen molar-refractivity contribution in [1.82, 2.24) is 0 Å². The third-order valence-corrected chi connectivity index (χ3v) is 2.23. The Morgan fingerprint density at radius 2 is 2.19 bits per heavy atom. The predicted octanol–water partition coefficient (Wildman–Crippen LogP) is 1.22. The molecule has 4 heteroatoms. The van der Waals surface area contributed by atoms with E-state index in [0.717, 1.165) is 5.56 Å². The minimum Gasteiger partial charge on any atom is -0.493 e. The monoisotopic (exact) mass is 222 g/mol. The van der Waals surface area contributed by atoms with Crippen LogP contribution in [0.15, 0.2) is 30.9 Å². The molecule has 1 rings (SSSR count). The maximum absolute atomic E-state index is 5.84.